The van der Waals surface area contributed by atoms with Gasteiger partial charge in [0.25, 0.3) is 0 Å². The topological polar surface area (TPSA) is 106 Å². The number of carboxylic acid groups (broad SMARTS) is 1. The molecular formula is C9H10N6O2. The maximum atomic E-state index is 10.9. The van der Waals surface area contributed by atoms with Crippen molar-refractivity contribution < 1.29 is 9.90 Å². The first-order valence-corrected chi connectivity index (χ1v) is 4.80. The van der Waals surface area contributed by atoms with Crippen molar-refractivity contribution in [3.8, 4) is 0 Å². The van der Waals surface area contributed by atoms with Crippen LogP contribution in [0.5, 0.6) is 0 Å². The first-order chi connectivity index (χ1) is 8.16. The molecular weight excluding hydrogens is 224 g/mol. The Morgan fingerprint density at radius 1 is 1.59 bits per heavy atom. The first-order valence-electron chi connectivity index (χ1n) is 4.80. The van der Waals surface area contributed by atoms with E-state index in [0.717, 1.165) is 0 Å². The van der Waals surface area contributed by atoms with Gasteiger partial charge in [-0.05, 0) is 6.07 Å². The Kier molecular flexibility index (Phi) is 2.95. The number of nitrogens with zero attached hydrogens (tertiary/aromatic N) is 5. The Morgan fingerprint density at radius 2 is 2.41 bits per heavy atom. The van der Waals surface area contributed by atoms with Crippen molar-refractivity contribution >= 4 is 11.8 Å². The van der Waals surface area contributed by atoms with E-state index in [-0.39, 0.29) is 11.4 Å². The zero-order chi connectivity index (χ0) is 12.3. The fraction of sp³-hybridized carbons (Fsp3) is 0.222. The van der Waals surface area contributed by atoms with Crippen LogP contribution in [0, 0.1) is 0 Å². The van der Waals surface area contributed by atoms with E-state index in [2.05, 4.69) is 25.6 Å². The van der Waals surface area contributed by atoms with Gasteiger partial charge in [-0.3, -0.25) is 4.68 Å². The summed E-state index contributed by atoms with van der Waals surface area (Å²) in [6.45, 7) is 0.291. The highest BCUT2D eigenvalue weighted by Gasteiger charge is 2.11. The number of carbonyl (C=O) groups is 1. The quantitative estimate of drug-likeness (QED) is 0.761. The highest BCUT2D eigenvalue weighted by atomic mass is 16.4. The molecule has 0 atom stereocenters. The Hall–Kier alpha value is -2.51. The Balaban J connectivity index is 2.11. The number of aryl methyl sites for hydroxylation is 1. The molecule has 17 heavy (non-hydrogen) atoms. The second-order valence-corrected chi connectivity index (χ2v) is 3.29. The van der Waals surface area contributed by atoms with Crippen LogP contribution < -0.4 is 5.32 Å². The van der Waals surface area contributed by atoms with Gasteiger partial charge in [0.2, 0.25) is 0 Å². The van der Waals surface area contributed by atoms with E-state index < -0.39 is 5.97 Å². The molecule has 0 aliphatic rings. The van der Waals surface area contributed by atoms with Crippen LogP contribution in [0.4, 0.5) is 5.82 Å². The van der Waals surface area contributed by atoms with Gasteiger partial charge in [-0.1, -0.05) is 0 Å². The van der Waals surface area contributed by atoms with E-state index in [1.54, 1.807) is 18.1 Å². The van der Waals surface area contributed by atoms with E-state index in [1.165, 1.54) is 12.3 Å². The molecule has 0 saturated carbocycles. The zero-order valence-electron chi connectivity index (χ0n) is 9.03. The molecule has 0 bridgehead atoms. The van der Waals surface area contributed by atoms with Crippen molar-refractivity contribution in [1.82, 2.24) is 25.0 Å². The molecule has 0 amide bonds. The highest BCUT2D eigenvalue weighted by Crippen LogP contribution is 2.10. The monoisotopic (exact) mass is 234 g/mol. The molecule has 0 unspecified atom stereocenters. The molecule has 0 radical (unpaired) electrons. The van der Waals surface area contributed by atoms with Crippen LogP contribution in [0.15, 0.2) is 18.6 Å². The standard InChI is InChI=1S/C9H10N6O2/c1-15-5-11-7(14-15)4-10-8-6(9(16)17)2-3-12-13-8/h2-3,5H,4H2,1H3,(H,10,13)(H,16,17). The van der Waals surface area contributed by atoms with Gasteiger partial charge < -0.3 is 10.4 Å². The van der Waals surface area contributed by atoms with Gasteiger partial charge in [-0.2, -0.15) is 10.2 Å². The summed E-state index contributed by atoms with van der Waals surface area (Å²) >= 11 is 0. The summed E-state index contributed by atoms with van der Waals surface area (Å²) in [4.78, 5) is 14.9. The number of hydrogen-bond donors (Lipinski definition) is 2. The molecule has 0 fully saturated rings. The van der Waals surface area contributed by atoms with E-state index >= 15 is 0 Å². The summed E-state index contributed by atoms with van der Waals surface area (Å²) in [5, 5.41) is 23.1. The molecule has 0 spiro atoms. The summed E-state index contributed by atoms with van der Waals surface area (Å²) < 4.78 is 1.56. The summed E-state index contributed by atoms with van der Waals surface area (Å²) in [7, 11) is 1.75. The van der Waals surface area contributed by atoms with Crippen LogP contribution >= 0.6 is 0 Å². The lowest BCUT2D eigenvalue weighted by atomic mass is 10.3. The molecule has 2 heterocycles. The number of aromatic nitrogens is 5. The third kappa shape index (κ3) is 2.54. The maximum absolute atomic E-state index is 10.9. The number of anilines is 1. The molecule has 8 heteroatoms. The second kappa shape index (κ2) is 4.56. The summed E-state index contributed by atoms with van der Waals surface area (Å²) in [5.41, 5.74) is 0.0657. The predicted octanol–water partition coefficient (Wildman–Crippen LogP) is -0.0846. The van der Waals surface area contributed by atoms with Crippen molar-refractivity contribution in [3.63, 3.8) is 0 Å². The minimum Gasteiger partial charge on any atom is -0.478 e. The van der Waals surface area contributed by atoms with Crippen LogP contribution in [0.2, 0.25) is 0 Å². The average molecular weight is 234 g/mol. The average Bonchev–Trinajstić information content (AvgIpc) is 2.73. The number of nitrogens with one attached hydrogen (secondary N) is 1. The summed E-state index contributed by atoms with van der Waals surface area (Å²) in [6.07, 6.45) is 2.89. The van der Waals surface area contributed by atoms with Crippen molar-refractivity contribution in [1.29, 1.82) is 0 Å². The third-order valence-corrected chi connectivity index (χ3v) is 2.01. The smallest absolute Gasteiger partial charge is 0.339 e. The largest absolute Gasteiger partial charge is 0.478 e. The third-order valence-electron chi connectivity index (χ3n) is 2.01. The zero-order valence-corrected chi connectivity index (χ0v) is 9.03. The fourth-order valence-corrected chi connectivity index (χ4v) is 1.26. The minimum atomic E-state index is -1.06. The molecule has 2 aromatic heterocycles. The van der Waals surface area contributed by atoms with Gasteiger partial charge in [0.15, 0.2) is 11.6 Å². The van der Waals surface area contributed by atoms with Crippen molar-refractivity contribution in [2.45, 2.75) is 6.54 Å². The van der Waals surface area contributed by atoms with Gasteiger partial charge in [0, 0.05) is 7.05 Å². The molecule has 0 saturated heterocycles. The van der Waals surface area contributed by atoms with Crippen molar-refractivity contribution in [2.24, 2.45) is 7.05 Å². The SMILES string of the molecule is Cn1cnc(CNc2nnccc2C(=O)O)n1. The number of hydrogen-bond acceptors (Lipinski definition) is 6. The molecule has 2 rings (SSSR count). The van der Waals surface area contributed by atoms with Crippen LogP contribution in [0.1, 0.15) is 16.2 Å². The van der Waals surface area contributed by atoms with Gasteiger partial charge in [-0.15, -0.1) is 5.10 Å². The number of rotatable bonds is 4. The molecule has 88 valence electrons. The van der Waals surface area contributed by atoms with E-state index in [4.69, 9.17) is 5.11 Å². The Labute approximate surface area is 96.3 Å². The molecule has 2 N–H and O–H groups in total. The van der Waals surface area contributed by atoms with Crippen molar-refractivity contribution in [2.75, 3.05) is 5.32 Å². The van der Waals surface area contributed by atoms with Gasteiger partial charge >= 0.3 is 5.97 Å². The molecule has 0 aromatic carbocycles. The van der Waals surface area contributed by atoms with Crippen molar-refractivity contribution in [3.05, 3.63) is 30.0 Å². The normalized spacial score (nSPS) is 10.2. The van der Waals surface area contributed by atoms with E-state index in [0.29, 0.717) is 12.4 Å². The highest BCUT2D eigenvalue weighted by molar-refractivity contribution is 5.92. The van der Waals surface area contributed by atoms with Crippen LogP contribution in [0.3, 0.4) is 0 Å². The van der Waals surface area contributed by atoms with Crippen LogP contribution in [-0.4, -0.2) is 36.0 Å². The van der Waals surface area contributed by atoms with Crippen LogP contribution in [-0.2, 0) is 13.6 Å². The lowest BCUT2D eigenvalue weighted by molar-refractivity contribution is 0.0697. The Morgan fingerprint density at radius 3 is 3.06 bits per heavy atom. The van der Waals surface area contributed by atoms with E-state index in [1.807, 2.05) is 0 Å². The molecule has 2 aromatic rings. The van der Waals surface area contributed by atoms with Crippen LogP contribution in [0.25, 0.3) is 0 Å². The lowest BCUT2D eigenvalue weighted by Gasteiger charge is -2.04. The molecule has 0 aliphatic carbocycles. The van der Waals surface area contributed by atoms with Gasteiger partial charge in [0.1, 0.15) is 11.9 Å². The van der Waals surface area contributed by atoms with Gasteiger partial charge in [0.05, 0.1) is 12.7 Å². The minimum absolute atomic E-state index is 0.0657. The fourth-order valence-electron chi connectivity index (χ4n) is 1.26. The maximum Gasteiger partial charge on any atom is 0.339 e. The first kappa shape index (κ1) is 11.0. The summed E-state index contributed by atoms with van der Waals surface area (Å²) in [5.74, 6) is -0.307. The number of aromatic carboxylic acids is 1. The van der Waals surface area contributed by atoms with Gasteiger partial charge in [-0.25, -0.2) is 9.78 Å². The number of carboxylic acids is 1. The second-order valence-electron chi connectivity index (χ2n) is 3.29. The van der Waals surface area contributed by atoms with E-state index in [9.17, 15) is 4.79 Å². The lowest BCUT2D eigenvalue weighted by Crippen LogP contribution is -2.10. The Bertz CT molecular complexity index is 538. The molecule has 0 aliphatic heterocycles. The molecule has 8 nitrogen and oxygen atoms in total. The summed E-state index contributed by atoms with van der Waals surface area (Å²) in [6, 6.07) is 1.38. The predicted molar refractivity (Wildman–Crippen MR) is 57.3 cm³/mol.